The van der Waals surface area contributed by atoms with Gasteiger partial charge in [0.2, 0.25) is 11.7 Å². The van der Waals surface area contributed by atoms with Crippen LogP contribution in [-0.4, -0.2) is 25.7 Å². The number of aromatic nitrogens is 4. The molecule has 134 valence electrons. The van der Waals surface area contributed by atoms with E-state index in [1.807, 2.05) is 27.0 Å². The van der Waals surface area contributed by atoms with Crippen LogP contribution in [0, 0.1) is 0 Å². The molecule has 0 radical (unpaired) electrons. The van der Waals surface area contributed by atoms with Gasteiger partial charge in [0, 0.05) is 31.1 Å². The molecular weight excluding hydrogens is 328 g/mol. The van der Waals surface area contributed by atoms with Crippen LogP contribution in [-0.2, 0) is 13.5 Å². The van der Waals surface area contributed by atoms with E-state index in [1.165, 1.54) is 11.1 Å². The normalized spacial score (nSPS) is 16.2. The molecule has 1 atom stereocenters. The van der Waals surface area contributed by atoms with Crippen molar-refractivity contribution in [1.29, 1.82) is 0 Å². The Morgan fingerprint density at radius 1 is 1.38 bits per heavy atom. The van der Waals surface area contributed by atoms with Gasteiger partial charge in [0.15, 0.2) is 5.78 Å². The highest BCUT2D eigenvalue weighted by Crippen LogP contribution is 2.38. The molecule has 3 aromatic rings. The number of aryl methyl sites for hydroxylation is 2. The summed E-state index contributed by atoms with van der Waals surface area (Å²) < 4.78 is 6.98. The van der Waals surface area contributed by atoms with E-state index >= 15 is 0 Å². The van der Waals surface area contributed by atoms with Crippen molar-refractivity contribution in [2.45, 2.75) is 44.9 Å². The molecule has 0 amide bonds. The SMILES string of the molecule is CC(C)c1nc(-c2ccc3c(c2)CC[C@H]3CC(=O)c2cnn(C)c2)no1. The number of benzene rings is 1. The van der Waals surface area contributed by atoms with Gasteiger partial charge in [-0.15, -0.1) is 0 Å². The molecule has 1 aliphatic rings. The van der Waals surface area contributed by atoms with Crippen LogP contribution in [0.3, 0.4) is 0 Å². The standard InChI is InChI=1S/C20H22N4O2/c1-12(2)20-22-19(23-26-20)15-6-7-17-13(8-15)4-5-14(17)9-18(25)16-10-21-24(3)11-16/h6-8,10-12,14H,4-5,9H2,1-3H3/t14-/m0/s1. The molecule has 0 N–H and O–H groups in total. The van der Waals surface area contributed by atoms with Gasteiger partial charge >= 0.3 is 0 Å². The highest BCUT2D eigenvalue weighted by Gasteiger charge is 2.26. The van der Waals surface area contributed by atoms with Crippen molar-refractivity contribution in [3.8, 4) is 11.4 Å². The van der Waals surface area contributed by atoms with Crippen LogP contribution < -0.4 is 0 Å². The predicted octanol–water partition coefficient (Wildman–Crippen LogP) is 3.90. The van der Waals surface area contributed by atoms with Crippen LogP contribution in [0.2, 0.25) is 0 Å². The monoisotopic (exact) mass is 350 g/mol. The van der Waals surface area contributed by atoms with Crippen molar-refractivity contribution in [3.05, 3.63) is 53.2 Å². The molecule has 4 rings (SSSR count). The summed E-state index contributed by atoms with van der Waals surface area (Å²) in [7, 11) is 1.83. The van der Waals surface area contributed by atoms with E-state index in [4.69, 9.17) is 4.52 Å². The highest BCUT2D eigenvalue weighted by atomic mass is 16.5. The van der Waals surface area contributed by atoms with Crippen molar-refractivity contribution >= 4 is 5.78 Å². The molecule has 0 fully saturated rings. The number of rotatable bonds is 5. The van der Waals surface area contributed by atoms with Gasteiger partial charge in [0.05, 0.1) is 11.8 Å². The Hall–Kier alpha value is -2.76. The van der Waals surface area contributed by atoms with Crippen LogP contribution in [0.4, 0.5) is 0 Å². The Bertz CT molecular complexity index is 954. The lowest BCUT2D eigenvalue weighted by molar-refractivity contribution is 0.0973. The third-order valence-electron chi connectivity index (χ3n) is 5.00. The second-order valence-corrected chi connectivity index (χ2v) is 7.29. The molecule has 6 heteroatoms. The predicted molar refractivity (Wildman–Crippen MR) is 97.0 cm³/mol. The van der Waals surface area contributed by atoms with E-state index in [-0.39, 0.29) is 17.6 Å². The maximum atomic E-state index is 12.5. The van der Waals surface area contributed by atoms with Gasteiger partial charge < -0.3 is 4.52 Å². The Kier molecular flexibility index (Phi) is 4.18. The molecule has 0 spiro atoms. The summed E-state index contributed by atoms with van der Waals surface area (Å²) in [5, 5.41) is 8.18. The van der Waals surface area contributed by atoms with Crippen molar-refractivity contribution in [1.82, 2.24) is 19.9 Å². The first-order chi connectivity index (χ1) is 12.5. The molecular formula is C20H22N4O2. The summed E-state index contributed by atoms with van der Waals surface area (Å²) in [5.74, 6) is 1.92. The summed E-state index contributed by atoms with van der Waals surface area (Å²) >= 11 is 0. The molecule has 2 heterocycles. The van der Waals surface area contributed by atoms with Crippen molar-refractivity contribution in [3.63, 3.8) is 0 Å². The zero-order valence-electron chi connectivity index (χ0n) is 15.3. The van der Waals surface area contributed by atoms with E-state index in [1.54, 1.807) is 17.1 Å². The molecule has 0 aliphatic heterocycles. The number of carbonyl (C=O) groups is 1. The summed E-state index contributed by atoms with van der Waals surface area (Å²) in [6.45, 7) is 4.06. The summed E-state index contributed by atoms with van der Waals surface area (Å²) in [5.41, 5.74) is 4.20. The number of carbonyl (C=O) groups excluding carboxylic acids is 1. The molecule has 6 nitrogen and oxygen atoms in total. The molecule has 26 heavy (non-hydrogen) atoms. The number of hydrogen-bond donors (Lipinski definition) is 0. The molecule has 0 bridgehead atoms. The fraction of sp³-hybridized carbons (Fsp3) is 0.400. The van der Waals surface area contributed by atoms with Crippen LogP contribution in [0.25, 0.3) is 11.4 Å². The van der Waals surface area contributed by atoms with Gasteiger partial charge in [0.1, 0.15) is 0 Å². The third-order valence-corrected chi connectivity index (χ3v) is 5.00. The third kappa shape index (κ3) is 3.07. The van der Waals surface area contributed by atoms with Gasteiger partial charge in [-0.05, 0) is 36.0 Å². The number of hydrogen-bond acceptors (Lipinski definition) is 5. The van der Waals surface area contributed by atoms with E-state index in [9.17, 15) is 4.79 Å². The van der Waals surface area contributed by atoms with Gasteiger partial charge in [-0.3, -0.25) is 9.48 Å². The average molecular weight is 350 g/mol. The van der Waals surface area contributed by atoms with E-state index in [0.29, 0.717) is 23.7 Å². The maximum absolute atomic E-state index is 12.5. The molecule has 0 saturated heterocycles. The van der Waals surface area contributed by atoms with Crippen molar-refractivity contribution in [2.24, 2.45) is 7.05 Å². The summed E-state index contributed by atoms with van der Waals surface area (Å²) in [6, 6.07) is 6.28. The van der Waals surface area contributed by atoms with Crippen LogP contribution >= 0.6 is 0 Å². The van der Waals surface area contributed by atoms with Gasteiger partial charge in [-0.25, -0.2) is 0 Å². The second kappa shape index (κ2) is 6.52. The van der Waals surface area contributed by atoms with E-state index in [0.717, 1.165) is 18.4 Å². The first-order valence-electron chi connectivity index (χ1n) is 9.00. The van der Waals surface area contributed by atoms with Gasteiger partial charge in [-0.2, -0.15) is 10.1 Å². The first kappa shape index (κ1) is 16.7. The van der Waals surface area contributed by atoms with Crippen LogP contribution in [0.15, 0.2) is 35.1 Å². The smallest absolute Gasteiger partial charge is 0.229 e. The topological polar surface area (TPSA) is 73.8 Å². The molecule has 1 aromatic carbocycles. The molecule has 0 saturated carbocycles. The minimum absolute atomic E-state index is 0.153. The maximum Gasteiger partial charge on any atom is 0.229 e. The Morgan fingerprint density at radius 3 is 2.92 bits per heavy atom. The summed E-state index contributed by atoms with van der Waals surface area (Å²) in [4.78, 5) is 17.0. The minimum Gasteiger partial charge on any atom is -0.339 e. The highest BCUT2D eigenvalue weighted by molar-refractivity contribution is 5.96. The molecule has 2 aromatic heterocycles. The quantitative estimate of drug-likeness (QED) is 0.653. The van der Waals surface area contributed by atoms with Crippen molar-refractivity contribution in [2.75, 3.05) is 0 Å². The fourth-order valence-corrected chi connectivity index (χ4v) is 3.55. The van der Waals surface area contributed by atoms with Crippen molar-refractivity contribution < 1.29 is 9.32 Å². The van der Waals surface area contributed by atoms with Crippen LogP contribution in [0.1, 0.15) is 65.9 Å². The largest absolute Gasteiger partial charge is 0.339 e. The van der Waals surface area contributed by atoms with Crippen LogP contribution in [0.5, 0.6) is 0 Å². The lowest BCUT2D eigenvalue weighted by atomic mass is 9.93. The lowest BCUT2D eigenvalue weighted by Crippen LogP contribution is -2.04. The molecule has 0 unspecified atom stereocenters. The Balaban J connectivity index is 1.53. The van der Waals surface area contributed by atoms with E-state index in [2.05, 4.69) is 27.4 Å². The lowest BCUT2D eigenvalue weighted by Gasteiger charge is -2.10. The first-order valence-corrected chi connectivity index (χ1v) is 9.00. The number of fused-ring (bicyclic) bond motifs is 1. The number of ketones is 1. The number of nitrogens with zero attached hydrogens (tertiary/aromatic N) is 4. The average Bonchev–Trinajstić information content (AvgIpc) is 3.34. The fourth-order valence-electron chi connectivity index (χ4n) is 3.55. The Labute approximate surface area is 152 Å². The van der Waals surface area contributed by atoms with Gasteiger partial charge in [0.25, 0.3) is 0 Å². The summed E-state index contributed by atoms with van der Waals surface area (Å²) in [6.07, 6.45) is 5.92. The molecule has 1 aliphatic carbocycles. The zero-order chi connectivity index (χ0) is 18.3. The zero-order valence-corrected chi connectivity index (χ0v) is 15.3. The number of Topliss-reactive ketones (excluding diaryl/α,β-unsaturated/α-hetero) is 1. The second-order valence-electron chi connectivity index (χ2n) is 7.29. The van der Waals surface area contributed by atoms with E-state index < -0.39 is 0 Å². The van der Waals surface area contributed by atoms with Gasteiger partial charge in [-0.1, -0.05) is 31.1 Å². The Morgan fingerprint density at radius 2 is 2.23 bits per heavy atom. The minimum atomic E-state index is 0.153.